The SMILES string of the molecule is CCCn1ncc(OC)c1C(O)C(C)(CC)N1CCCC1. The normalized spacial score (nSPS) is 20.4. The predicted molar refractivity (Wildman–Crippen MR) is 83.5 cm³/mol. The molecule has 5 heteroatoms. The highest BCUT2D eigenvalue weighted by Gasteiger charge is 2.42. The number of aryl methyl sites for hydroxylation is 1. The van der Waals surface area contributed by atoms with E-state index in [1.54, 1.807) is 13.3 Å². The van der Waals surface area contributed by atoms with Crippen LogP contribution in [-0.4, -0.2) is 45.5 Å². The molecule has 2 heterocycles. The van der Waals surface area contributed by atoms with Crippen molar-refractivity contribution in [2.75, 3.05) is 20.2 Å². The molecule has 1 aliphatic rings. The van der Waals surface area contributed by atoms with Gasteiger partial charge in [0.25, 0.3) is 0 Å². The van der Waals surface area contributed by atoms with Gasteiger partial charge in [-0.05, 0) is 45.7 Å². The largest absolute Gasteiger partial charge is 0.493 e. The van der Waals surface area contributed by atoms with Crippen molar-refractivity contribution in [1.82, 2.24) is 14.7 Å². The van der Waals surface area contributed by atoms with Crippen LogP contribution in [0.15, 0.2) is 6.20 Å². The first-order valence-electron chi connectivity index (χ1n) is 8.11. The van der Waals surface area contributed by atoms with Crippen LogP contribution in [0.4, 0.5) is 0 Å². The maximum Gasteiger partial charge on any atom is 0.162 e. The lowest BCUT2D eigenvalue weighted by Gasteiger charge is -2.42. The number of hydrogen-bond donors (Lipinski definition) is 1. The van der Waals surface area contributed by atoms with Crippen molar-refractivity contribution < 1.29 is 9.84 Å². The fourth-order valence-corrected chi connectivity index (χ4v) is 3.31. The summed E-state index contributed by atoms with van der Waals surface area (Å²) in [6.45, 7) is 9.34. The van der Waals surface area contributed by atoms with Crippen LogP contribution in [0, 0.1) is 0 Å². The lowest BCUT2D eigenvalue weighted by molar-refractivity contribution is -0.0199. The minimum atomic E-state index is -0.593. The molecule has 120 valence electrons. The van der Waals surface area contributed by atoms with Gasteiger partial charge in [-0.1, -0.05) is 13.8 Å². The standard InChI is InChI=1S/C16H29N3O2/c1-5-9-19-14(13(21-4)12-17-19)15(20)16(3,6-2)18-10-7-8-11-18/h12,15,20H,5-11H2,1-4H3. The number of hydrogen-bond acceptors (Lipinski definition) is 4. The Bertz CT molecular complexity index is 454. The van der Waals surface area contributed by atoms with Crippen molar-refractivity contribution >= 4 is 0 Å². The van der Waals surface area contributed by atoms with Crippen LogP contribution in [0.3, 0.4) is 0 Å². The molecule has 0 amide bonds. The van der Waals surface area contributed by atoms with Crippen LogP contribution in [0.2, 0.25) is 0 Å². The second kappa shape index (κ2) is 6.79. The molecule has 1 N–H and O–H groups in total. The first kappa shape index (κ1) is 16.3. The molecule has 0 aromatic carbocycles. The van der Waals surface area contributed by atoms with E-state index in [1.807, 2.05) is 4.68 Å². The first-order valence-corrected chi connectivity index (χ1v) is 8.11. The van der Waals surface area contributed by atoms with Crippen LogP contribution in [-0.2, 0) is 6.54 Å². The lowest BCUT2D eigenvalue weighted by atomic mass is 9.87. The number of methoxy groups -OCH3 is 1. The van der Waals surface area contributed by atoms with Gasteiger partial charge in [0.15, 0.2) is 5.75 Å². The molecule has 5 nitrogen and oxygen atoms in total. The van der Waals surface area contributed by atoms with Gasteiger partial charge in [-0.3, -0.25) is 9.58 Å². The number of rotatable bonds is 7. The second-order valence-electron chi connectivity index (χ2n) is 6.13. The maximum atomic E-state index is 11.1. The summed E-state index contributed by atoms with van der Waals surface area (Å²) in [5.74, 6) is 0.690. The maximum absolute atomic E-state index is 11.1. The number of aliphatic hydroxyl groups excluding tert-OH is 1. The van der Waals surface area contributed by atoms with Gasteiger partial charge in [-0.2, -0.15) is 5.10 Å². The van der Waals surface area contributed by atoms with Crippen molar-refractivity contribution in [3.63, 3.8) is 0 Å². The smallest absolute Gasteiger partial charge is 0.162 e. The van der Waals surface area contributed by atoms with Gasteiger partial charge in [-0.15, -0.1) is 0 Å². The molecule has 1 aromatic rings. The number of aliphatic hydroxyl groups is 1. The Kier molecular flexibility index (Phi) is 5.27. The van der Waals surface area contributed by atoms with Crippen molar-refractivity contribution in [2.45, 2.75) is 64.6 Å². The molecule has 1 aromatic heterocycles. The average Bonchev–Trinajstić information content (AvgIpc) is 3.15. The third kappa shape index (κ3) is 2.94. The molecule has 21 heavy (non-hydrogen) atoms. The van der Waals surface area contributed by atoms with E-state index in [4.69, 9.17) is 4.74 Å². The molecular weight excluding hydrogens is 266 g/mol. The summed E-state index contributed by atoms with van der Waals surface area (Å²) in [5.41, 5.74) is 0.547. The van der Waals surface area contributed by atoms with Crippen LogP contribution in [0.5, 0.6) is 5.75 Å². The third-order valence-corrected chi connectivity index (χ3v) is 4.89. The Morgan fingerprint density at radius 2 is 2.05 bits per heavy atom. The van der Waals surface area contributed by atoms with Crippen LogP contribution in [0.25, 0.3) is 0 Å². The molecular formula is C16H29N3O2. The van der Waals surface area contributed by atoms with Gasteiger partial charge in [0, 0.05) is 12.1 Å². The van der Waals surface area contributed by atoms with E-state index in [-0.39, 0.29) is 5.54 Å². The van der Waals surface area contributed by atoms with Crippen molar-refractivity contribution in [3.05, 3.63) is 11.9 Å². The van der Waals surface area contributed by atoms with E-state index in [2.05, 4.69) is 30.8 Å². The zero-order chi connectivity index (χ0) is 15.5. The zero-order valence-corrected chi connectivity index (χ0v) is 13.8. The number of aromatic nitrogens is 2. The van der Waals surface area contributed by atoms with Crippen LogP contribution < -0.4 is 4.74 Å². The Balaban J connectivity index is 2.36. The summed E-state index contributed by atoms with van der Waals surface area (Å²) in [5, 5.41) is 15.5. The summed E-state index contributed by atoms with van der Waals surface area (Å²) < 4.78 is 7.33. The highest BCUT2D eigenvalue weighted by atomic mass is 16.5. The quantitative estimate of drug-likeness (QED) is 0.840. The highest BCUT2D eigenvalue weighted by molar-refractivity contribution is 5.30. The minimum Gasteiger partial charge on any atom is -0.493 e. The van der Waals surface area contributed by atoms with E-state index >= 15 is 0 Å². The number of likely N-dealkylation sites (tertiary alicyclic amines) is 1. The molecule has 1 saturated heterocycles. The van der Waals surface area contributed by atoms with Gasteiger partial charge < -0.3 is 9.84 Å². The van der Waals surface area contributed by atoms with Crippen molar-refractivity contribution in [3.8, 4) is 5.75 Å². The topological polar surface area (TPSA) is 50.5 Å². The van der Waals surface area contributed by atoms with Gasteiger partial charge in [0.2, 0.25) is 0 Å². The Morgan fingerprint density at radius 1 is 1.38 bits per heavy atom. The molecule has 1 fully saturated rings. The molecule has 1 aliphatic heterocycles. The van der Waals surface area contributed by atoms with Crippen LogP contribution in [0.1, 0.15) is 58.3 Å². The highest BCUT2D eigenvalue weighted by Crippen LogP contribution is 2.39. The van der Waals surface area contributed by atoms with Gasteiger partial charge >= 0.3 is 0 Å². The summed E-state index contributed by atoms with van der Waals surface area (Å²) in [7, 11) is 1.64. The molecule has 0 aliphatic carbocycles. The zero-order valence-electron chi connectivity index (χ0n) is 13.8. The monoisotopic (exact) mass is 295 g/mol. The Labute approximate surface area is 127 Å². The first-order chi connectivity index (χ1) is 10.1. The van der Waals surface area contributed by atoms with Gasteiger partial charge in [-0.25, -0.2) is 0 Å². The summed E-state index contributed by atoms with van der Waals surface area (Å²) >= 11 is 0. The minimum absolute atomic E-state index is 0.269. The van der Waals surface area contributed by atoms with Crippen molar-refractivity contribution in [2.24, 2.45) is 0 Å². The van der Waals surface area contributed by atoms with E-state index in [9.17, 15) is 5.11 Å². The second-order valence-corrected chi connectivity index (χ2v) is 6.13. The molecule has 0 spiro atoms. The molecule has 0 bridgehead atoms. The summed E-state index contributed by atoms with van der Waals surface area (Å²) in [6.07, 6.45) is 5.44. The van der Waals surface area contributed by atoms with E-state index in [0.717, 1.165) is 38.2 Å². The van der Waals surface area contributed by atoms with Gasteiger partial charge in [0.1, 0.15) is 11.8 Å². The molecule has 0 radical (unpaired) electrons. The van der Waals surface area contributed by atoms with Gasteiger partial charge in [0.05, 0.1) is 13.3 Å². The van der Waals surface area contributed by atoms with E-state index in [1.165, 1.54) is 12.8 Å². The predicted octanol–water partition coefficient (Wildman–Crippen LogP) is 2.60. The molecule has 2 atom stereocenters. The Morgan fingerprint density at radius 3 is 2.57 bits per heavy atom. The Hall–Kier alpha value is -1.07. The summed E-state index contributed by atoms with van der Waals surface area (Å²) in [4.78, 5) is 2.42. The van der Waals surface area contributed by atoms with E-state index < -0.39 is 6.10 Å². The third-order valence-electron chi connectivity index (χ3n) is 4.89. The van der Waals surface area contributed by atoms with Crippen molar-refractivity contribution in [1.29, 1.82) is 0 Å². The molecule has 0 saturated carbocycles. The molecule has 2 unspecified atom stereocenters. The number of nitrogens with zero attached hydrogens (tertiary/aromatic N) is 3. The molecule has 2 rings (SSSR count). The van der Waals surface area contributed by atoms with Crippen LogP contribution >= 0.6 is 0 Å². The van der Waals surface area contributed by atoms with E-state index in [0.29, 0.717) is 5.75 Å². The fraction of sp³-hybridized carbons (Fsp3) is 0.812. The lowest BCUT2D eigenvalue weighted by Crippen LogP contribution is -2.49. The number of ether oxygens (including phenoxy) is 1. The summed E-state index contributed by atoms with van der Waals surface area (Å²) in [6, 6.07) is 0. The average molecular weight is 295 g/mol. The fourth-order valence-electron chi connectivity index (χ4n) is 3.31.